The number of ether oxygens (including phenoxy) is 1. The second kappa shape index (κ2) is 6.11. The van der Waals surface area contributed by atoms with E-state index in [-0.39, 0.29) is 5.97 Å². The molecule has 88 valence electrons. The van der Waals surface area contributed by atoms with Crippen molar-refractivity contribution >= 4 is 5.97 Å². The Labute approximate surface area is 92.6 Å². The lowest BCUT2D eigenvalue weighted by molar-refractivity contribution is -0.140. The van der Waals surface area contributed by atoms with Crippen LogP contribution in [0.25, 0.3) is 0 Å². The number of methoxy groups -OCH3 is 1. The molecule has 0 unspecified atom stereocenters. The highest BCUT2D eigenvalue weighted by Crippen LogP contribution is 2.34. The summed E-state index contributed by atoms with van der Waals surface area (Å²) >= 11 is 0. The maximum absolute atomic E-state index is 10.9. The highest BCUT2D eigenvalue weighted by molar-refractivity contribution is 5.69. The number of hydrogen-bond donors (Lipinski definition) is 1. The van der Waals surface area contributed by atoms with Crippen LogP contribution >= 0.6 is 0 Å². The van der Waals surface area contributed by atoms with Crippen molar-refractivity contribution in [2.75, 3.05) is 20.2 Å². The second-order valence-corrected chi connectivity index (χ2v) is 4.87. The fourth-order valence-electron chi connectivity index (χ4n) is 2.26. The molecule has 0 aromatic heterocycles. The molecule has 1 aliphatic carbocycles. The third kappa shape index (κ3) is 4.65. The van der Waals surface area contributed by atoms with Gasteiger partial charge in [-0.25, -0.2) is 0 Å². The molecular weight excluding hydrogens is 190 g/mol. The molecule has 15 heavy (non-hydrogen) atoms. The number of nitrogens with one attached hydrogen (secondary N) is 1. The van der Waals surface area contributed by atoms with Crippen molar-refractivity contribution in [2.45, 2.75) is 45.4 Å². The quantitative estimate of drug-likeness (QED) is 0.561. The number of carbonyl (C=O) groups excluding carboxylic acids is 1. The summed E-state index contributed by atoms with van der Waals surface area (Å²) in [5.74, 6) is -0.128. The van der Waals surface area contributed by atoms with Gasteiger partial charge in [0.2, 0.25) is 0 Å². The summed E-state index contributed by atoms with van der Waals surface area (Å²) in [6, 6.07) is 0. The Balaban J connectivity index is 2.10. The Morgan fingerprint density at radius 2 is 2.00 bits per heavy atom. The van der Waals surface area contributed by atoms with Crippen molar-refractivity contribution in [3.63, 3.8) is 0 Å². The molecule has 1 N–H and O–H groups in total. The zero-order valence-electron chi connectivity index (χ0n) is 9.97. The van der Waals surface area contributed by atoms with E-state index < -0.39 is 0 Å². The van der Waals surface area contributed by atoms with Crippen LogP contribution < -0.4 is 5.32 Å². The Kier molecular flexibility index (Phi) is 5.09. The van der Waals surface area contributed by atoms with Crippen molar-refractivity contribution in [1.29, 1.82) is 0 Å². The van der Waals surface area contributed by atoms with Crippen LogP contribution in [-0.2, 0) is 9.53 Å². The van der Waals surface area contributed by atoms with Gasteiger partial charge in [-0.15, -0.1) is 0 Å². The van der Waals surface area contributed by atoms with E-state index in [9.17, 15) is 4.79 Å². The topological polar surface area (TPSA) is 38.3 Å². The molecular formula is C12H23NO2. The maximum atomic E-state index is 10.9. The fourth-order valence-corrected chi connectivity index (χ4v) is 2.26. The van der Waals surface area contributed by atoms with Crippen LogP contribution in [0.15, 0.2) is 0 Å². The molecule has 3 heteroatoms. The first-order chi connectivity index (χ1) is 7.16. The summed E-state index contributed by atoms with van der Waals surface area (Å²) in [6.45, 7) is 4.11. The number of rotatable bonds is 5. The fraction of sp³-hybridized carbons (Fsp3) is 0.917. The van der Waals surface area contributed by atoms with Crippen LogP contribution in [0.1, 0.15) is 45.4 Å². The molecule has 0 bridgehead atoms. The molecule has 0 atom stereocenters. The highest BCUT2D eigenvalue weighted by atomic mass is 16.5. The van der Waals surface area contributed by atoms with Crippen LogP contribution in [0.2, 0.25) is 0 Å². The highest BCUT2D eigenvalue weighted by Gasteiger charge is 2.25. The van der Waals surface area contributed by atoms with E-state index in [0.717, 1.165) is 13.1 Å². The van der Waals surface area contributed by atoms with E-state index in [0.29, 0.717) is 11.8 Å². The summed E-state index contributed by atoms with van der Waals surface area (Å²) in [6.07, 6.45) is 7.21. The van der Waals surface area contributed by atoms with Gasteiger partial charge in [0.15, 0.2) is 0 Å². The van der Waals surface area contributed by atoms with E-state index in [2.05, 4.69) is 17.0 Å². The third-order valence-corrected chi connectivity index (χ3v) is 3.35. The average molecular weight is 213 g/mol. The molecule has 0 radical (unpaired) electrons. The largest absolute Gasteiger partial charge is 0.469 e. The summed E-state index contributed by atoms with van der Waals surface area (Å²) in [7, 11) is 1.44. The predicted octanol–water partition coefficient (Wildman–Crippen LogP) is 2.11. The first-order valence-corrected chi connectivity index (χ1v) is 5.94. The van der Waals surface area contributed by atoms with E-state index >= 15 is 0 Å². The molecule has 0 heterocycles. The van der Waals surface area contributed by atoms with E-state index in [4.69, 9.17) is 0 Å². The van der Waals surface area contributed by atoms with Crippen LogP contribution in [0.5, 0.6) is 0 Å². The van der Waals surface area contributed by atoms with Gasteiger partial charge in [0.1, 0.15) is 0 Å². The van der Waals surface area contributed by atoms with Crippen LogP contribution in [0.3, 0.4) is 0 Å². The Morgan fingerprint density at radius 3 is 2.60 bits per heavy atom. The van der Waals surface area contributed by atoms with Crippen molar-refractivity contribution < 1.29 is 9.53 Å². The lowest BCUT2D eigenvalue weighted by Gasteiger charge is -2.33. The predicted molar refractivity (Wildman–Crippen MR) is 60.7 cm³/mol. The Morgan fingerprint density at radius 1 is 1.33 bits per heavy atom. The van der Waals surface area contributed by atoms with E-state index in [1.54, 1.807) is 0 Å². The minimum absolute atomic E-state index is 0.128. The molecule has 1 rings (SSSR count). The van der Waals surface area contributed by atoms with Crippen LogP contribution in [0, 0.1) is 5.41 Å². The van der Waals surface area contributed by atoms with Gasteiger partial charge in [0, 0.05) is 13.1 Å². The van der Waals surface area contributed by atoms with Gasteiger partial charge >= 0.3 is 5.97 Å². The van der Waals surface area contributed by atoms with E-state index in [1.165, 1.54) is 39.2 Å². The molecule has 1 fully saturated rings. The summed E-state index contributed by atoms with van der Waals surface area (Å²) in [5.41, 5.74) is 0.453. The van der Waals surface area contributed by atoms with Gasteiger partial charge < -0.3 is 10.1 Å². The summed E-state index contributed by atoms with van der Waals surface area (Å²) < 4.78 is 4.59. The zero-order chi connectivity index (χ0) is 11.1. The van der Waals surface area contributed by atoms with Gasteiger partial charge in [-0.2, -0.15) is 0 Å². The van der Waals surface area contributed by atoms with Crippen molar-refractivity contribution in [3.8, 4) is 0 Å². The molecule has 0 amide bonds. The molecule has 0 spiro atoms. The minimum Gasteiger partial charge on any atom is -0.469 e. The Hall–Kier alpha value is -0.570. The van der Waals surface area contributed by atoms with Crippen molar-refractivity contribution in [1.82, 2.24) is 5.32 Å². The van der Waals surface area contributed by atoms with Gasteiger partial charge in [-0.3, -0.25) is 4.79 Å². The van der Waals surface area contributed by atoms with Crippen LogP contribution in [0.4, 0.5) is 0 Å². The smallest absolute Gasteiger partial charge is 0.306 e. The van der Waals surface area contributed by atoms with Crippen LogP contribution in [-0.4, -0.2) is 26.2 Å². The number of carbonyl (C=O) groups is 1. The lowest BCUT2D eigenvalue weighted by atomic mass is 9.76. The van der Waals surface area contributed by atoms with Gasteiger partial charge in [-0.1, -0.05) is 26.2 Å². The SMILES string of the molecule is COC(=O)CCNCC1(C)CCCCC1. The molecule has 1 aliphatic rings. The molecule has 3 nitrogen and oxygen atoms in total. The van der Waals surface area contributed by atoms with Gasteiger partial charge in [0.25, 0.3) is 0 Å². The van der Waals surface area contributed by atoms with E-state index in [1.807, 2.05) is 0 Å². The second-order valence-electron chi connectivity index (χ2n) is 4.87. The zero-order valence-corrected chi connectivity index (χ0v) is 9.97. The van der Waals surface area contributed by atoms with Gasteiger partial charge in [0.05, 0.1) is 13.5 Å². The average Bonchev–Trinajstić information content (AvgIpc) is 2.25. The monoisotopic (exact) mass is 213 g/mol. The molecule has 0 saturated heterocycles. The molecule has 0 aliphatic heterocycles. The normalized spacial score (nSPS) is 19.9. The Bertz CT molecular complexity index is 198. The minimum atomic E-state index is -0.128. The molecule has 0 aromatic carbocycles. The first kappa shape index (κ1) is 12.5. The first-order valence-electron chi connectivity index (χ1n) is 5.94. The lowest BCUT2D eigenvalue weighted by Crippen LogP contribution is -2.34. The summed E-state index contributed by atoms with van der Waals surface area (Å²) in [4.78, 5) is 10.9. The number of hydrogen-bond acceptors (Lipinski definition) is 3. The number of esters is 1. The third-order valence-electron chi connectivity index (χ3n) is 3.35. The summed E-state index contributed by atoms with van der Waals surface area (Å²) in [5, 5.41) is 3.36. The molecule has 0 aromatic rings. The van der Waals surface area contributed by atoms with Gasteiger partial charge in [-0.05, 0) is 18.3 Å². The molecule has 1 saturated carbocycles. The standard InChI is InChI=1S/C12H23NO2/c1-12(7-4-3-5-8-12)10-13-9-6-11(14)15-2/h13H,3-10H2,1-2H3. The van der Waals surface area contributed by atoms with Crippen molar-refractivity contribution in [3.05, 3.63) is 0 Å². The maximum Gasteiger partial charge on any atom is 0.306 e. The van der Waals surface area contributed by atoms with Crippen molar-refractivity contribution in [2.24, 2.45) is 5.41 Å².